The van der Waals surface area contributed by atoms with Gasteiger partial charge >= 0.3 is 0 Å². The molecule has 16 heavy (non-hydrogen) atoms. The van der Waals surface area contributed by atoms with Crippen LogP contribution in [0.15, 0.2) is 18.2 Å². The number of nitrogens with zero attached hydrogens (tertiary/aromatic N) is 1. The fourth-order valence-electron chi connectivity index (χ4n) is 1.43. The van der Waals surface area contributed by atoms with Crippen molar-refractivity contribution in [3.05, 3.63) is 38.9 Å². The van der Waals surface area contributed by atoms with E-state index >= 15 is 0 Å². The van der Waals surface area contributed by atoms with Crippen LogP contribution in [0.3, 0.4) is 0 Å². The van der Waals surface area contributed by atoms with Crippen molar-refractivity contribution in [3.8, 4) is 0 Å². The molecule has 1 rings (SSSR count). The van der Waals surface area contributed by atoms with E-state index in [1.54, 1.807) is 12.1 Å². The third kappa shape index (κ3) is 3.18. The smallest absolute Gasteiger partial charge is 0.287 e. The zero-order chi connectivity index (χ0) is 12.3. The average Bonchev–Trinajstić information content (AvgIpc) is 2.16. The molecule has 0 saturated heterocycles. The van der Waals surface area contributed by atoms with Crippen molar-refractivity contribution < 1.29 is 4.92 Å². The largest absolute Gasteiger partial charge is 0.330 e. The Kier molecular flexibility index (Phi) is 3.88. The summed E-state index contributed by atoms with van der Waals surface area (Å²) in [6.45, 7) is 4.65. The Labute approximate surface area is 99.6 Å². The van der Waals surface area contributed by atoms with Gasteiger partial charge in [-0.3, -0.25) is 10.1 Å². The minimum Gasteiger partial charge on any atom is -0.330 e. The molecule has 0 spiro atoms. The molecule has 1 aromatic rings. The number of halogens is 1. The summed E-state index contributed by atoms with van der Waals surface area (Å²) < 4.78 is 0. The van der Waals surface area contributed by atoms with Crippen LogP contribution in [0, 0.1) is 15.5 Å². The number of nitro groups is 1. The first kappa shape index (κ1) is 12.9. The molecule has 1 aromatic carbocycles. The van der Waals surface area contributed by atoms with Crippen LogP contribution < -0.4 is 5.73 Å². The first-order chi connectivity index (χ1) is 7.35. The highest BCUT2D eigenvalue weighted by molar-refractivity contribution is 6.32. The molecule has 0 aromatic heterocycles. The maximum absolute atomic E-state index is 10.6. The van der Waals surface area contributed by atoms with Crippen molar-refractivity contribution in [1.29, 1.82) is 0 Å². The van der Waals surface area contributed by atoms with Crippen LogP contribution in [-0.4, -0.2) is 11.5 Å². The van der Waals surface area contributed by atoms with Gasteiger partial charge in [0.15, 0.2) is 0 Å². The van der Waals surface area contributed by atoms with E-state index in [9.17, 15) is 10.1 Å². The van der Waals surface area contributed by atoms with E-state index in [1.807, 2.05) is 13.8 Å². The Balaban J connectivity index is 2.94. The van der Waals surface area contributed by atoms with Crippen molar-refractivity contribution >= 4 is 17.3 Å². The zero-order valence-corrected chi connectivity index (χ0v) is 10.1. The minimum atomic E-state index is -0.486. The van der Waals surface area contributed by atoms with E-state index in [0.717, 1.165) is 12.0 Å². The van der Waals surface area contributed by atoms with Crippen molar-refractivity contribution in [1.82, 2.24) is 0 Å². The Morgan fingerprint density at radius 2 is 2.12 bits per heavy atom. The van der Waals surface area contributed by atoms with Crippen molar-refractivity contribution in [2.24, 2.45) is 11.1 Å². The van der Waals surface area contributed by atoms with Crippen molar-refractivity contribution in [2.45, 2.75) is 20.3 Å². The van der Waals surface area contributed by atoms with Gasteiger partial charge in [-0.2, -0.15) is 0 Å². The molecule has 0 fully saturated rings. The topological polar surface area (TPSA) is 69.2 Å². The highest BCUT2D eigenvalue weighted by atomic mass is 35.5. The normalized spacial score (nSPS) is 11.5. The Hall–Kier alpha value is -1.13. The van der Waals surface area contributed by atoms with E-state index in [1.165, 1.54) is 6.07 Å². The van der Waals surface area contributed by atoms with Crippen LogP contribution >= 0.6 is 11.6 Å². The third-order valence-electron chi connectivity index (χ3n) is 2.44. The van der Waals surface area contributed by atoms with E-state index in [0.29, 0.717) is 6.54 Å². The monoisotopic (exact) mass is 242 g/mol. The molecule has 88 valence electrons. The minimum absolute atomic E-state index is 0.0283. The number of benzene rings is 1. The van der Waals surface area contributed by atoms with Crippen LogP contribution in [0.2, 0.25) is 5.02 Å². The lowest BCUT2D eigenvalue weighted by atomic mass is 9.86. The summed E-state index contributed by atoms with van der Waals surface area (Å²) in [6.07, 6.45) is 0.751. The first-order valence-electron chi connectivity index (χ1n) is 4.98. The van der Waals surface area contributed by atoms with Gasteiger partial charge in [0.1, 0.15) is 5.02 Å². The van der Waals surface area contributed by atoms with E-state index in [4.69, 9.17) is 17.3 Å². The van der Waals surface area contributed by atoms with Gasteiger partial charge in [-0.25, -0.2) is 0 Å². The zero-order valence-electron chi connectivity index (χ0n) is 9.37. The predicted octanol–water partition coefficient (Wildman–Crippen LogP) is 2.78. The van der Waals surface area contributed by atoms with Crippen molar-refractivity contribution in [2.75, 3.05) is 6.54 Å². The molecular weight excluding hydrogens is 228 g/mol. The molecule has 4 nitrogen and oxygen atoms in total. The molecule has 0 amide bonds. The second kappa shape index (κ2) is 4.80. The molecule has 0 atom stereocenters. The summed E-state index contributed by atoms with van der Waals surface area (Å²) in [5.74, 6) is 0. The third-order valence-corrected chi connectivity index (χ3v) is 2.75. The standard InChI is InChI=1S/C11H15ClN2O2/c1-11(2,7-13)6-8-3-4-10(14(15)16)9(12)5-8/h3-5H,6-7,13H2,1-2H3. The maximum atomic E-state index is 10.6. The Morgan fingerprint density at radius 3 is 2.56 bits per heavy atom. The van der Waals surface area contributed by atoms with E-state index in [-0.39, 0.29) is 16.1 Å². The Bertz CT molecular complexity index is 405. The van der Waals surface area contributed by atoms with Gasteiger partial charge in [-0.05, 0) is 30.0 Å². The number of hydrogen-bond donors (Lipinski definition) is 1. The highest BCUT2D eigenvalue weighted by Gasteiger charge is 2.18. The molecule has 0 saturated carbocycles. The van der Waals surface area contributed by atoms with Gasteiger partial charge in [-0.1, -0.05) is 31.5 Å². The van der Waals surface area contributed by atoms with Crippen LogP contribution in [0.1, 0.15) is 19.4 Å². The van der Waals surface area contributed by atoms with Gasteiger partial charge in [0.2, 0.25) is 0 Å². The van der Waals surface area contributed by atoms with Gasteiger partial charge in [0.05, 0.1) is 4.92 Å². The molecule has 2 N–H and O–H groups in total. The summed E-state index contributed by atoms with van der Waals surface area (Å²) in [5, 5.41) is 10.8. The lowest BCUT2D eigenvalue weighted by Crippen LogP contribution is -2.25. The highest BCUT2D eigenvalue weighted by Crippen LogP contribution is 2.28. The van der Waals surface area contributed by atoms with E-state index < -0.39 is 4.92 Å². The Morgan fingerprint density at radius 1 is 1.50 bits per heavy atom. The van der Waals surface area contributed by atoms with Gasteiger partial charge in [0.25, 0.3) is 5.69 Å². The molecule has 0 aliphatic heterocycles. The summed E-state index contributed by atoms with van der Waals surface area (Å²) in [5.41, 5.74) is 6.51. The second-order valence-corrected chi connectivity index (χ2v) is 5.00. The fraction of sp³-hybridized carbons (Fsp3) is 0.455. The van der Waals surface area contributed by atoms with Gasteiger partial charge < -0.3 is 5.73 Å². The molecule has 0 radical (unpaired) electrons. The molecule has 0 unspecified atom stereocenters. The lowest BCUT2D eigenvalue weighted by molar-refractivity contribution is -0.384. The molecule has 0 bridgehead atoms. The quantitative estimate of drug-likeness (QED) is 0.652. The fourth-order valence-corrected chi connectivity index (χ4v) is 1.71. The van der Waals surface area contributed by atoms with Gasteiger partial charge in [0, 0.05) is 6.07 Å². The summed E-state index contributed by atoms with van der Waals surface area (Å²) >= 11 is 5.82. The SMILES string of the molecule is CC(C)(CN)Cc1ccc([N+](=O)[O-])c(Cl)c1. The van der Waals surface area contributed by atoms with Crippen LogP contribution in [0.25, 0.3) is 0 Å². The number of nitro benzene ring substituents is 1. The van der Waals surface area contributed by atoms with Crippen LogP contribution in [-0.2, 0) is 6.42 Å². The molecule has 0 aliphatic rings. The maximum Gasteiger partial charge on any atom is 0.287 e. The lowest BCUT2D eigenvalue weighted by Gasteiger charge is -2.22. The van der Waals surface area contributed by atoms with Gasteiger partial charge in [-0.15, -0.1) is 0 Å². The van der Waals surface area contributed by atoms with Crippen LogP contribution in [0.5, 0.6) is 0 Å². The summed E-state index contributed by atoms with van der Waals surface area (Å²) in [7, 11) is 0. The summed E-state index contributed by atoms with van der Waals surface area (Å²) in [6, 6.07) is 4.79. The average molecular weight is 243 g/mol. The molecule has 5 heteroatoms. The number of hydrogen-bond acceptors (Lipinski definition) is 3. The molecule has 0 heterocycles. The molecular formula is C11H15ClN2O2. The number of nitrogens with two attached hydrogens (primary N) is 1. The molecule has 0 aliphatic carbocycles. The van der Waals surface area contributed by atoms with E-state index in [2.05, 4.69) is 0 Å². The number of rotatable bonds is 4. The summed E-state index contributed by atoms with van der Waals surface area (Å²) in [4.78, 5) is 10.1. The second-order valence-electron chi connectivity index (χ2n) is 4.59. The van der Waals surface area contributed by atoms with Crippen LogP contribution in [0.4, 0.5) is 5.69 Å². The first-order valence-corrected chi connectivity index (χ1v) is 5.36. The predicted molar refractivity (Wildman–Crippen MR) is 64.6 cm³/mol. The van der Waals surface area contributed by atoms with Crippen molar-refractivity contribution in [3.63, 3.8) is 0 Å².